The molecule has 0 aromatic carbocycles. The molecular weight excluding hydrogens is 220 g/mol. The zero-order chi connectivity index (χ0) is 12.4. The standard InChI is InChI=1S/C11H12N4O2/c1-7-5-9(14-17-7)11(16)15(2)10-3-4-13-6-8(10)12/h3-6H,12H2,1-2H3. The molecule has 2 aromatic heterocycles. The number of aryl methyl sites for hydroxylation is 1. The lowest BCUT2D eigenvalue weighted by atomic mass is 10.3. The number of hydrogen-bond donors (Lipinski definition) is 1. The van der Waals surface area contributed by atoms with Crippen LogP contribution >= 0.6 is 0 Å². The van der Waals surface area contributed by atoms with Gasteiger partial charge in [-0.1, -0.05) is 5.16 Å². The molecule has 1 amide bonds. The molecule has 2 aromatic rings. The SMILES string of the molecule is Cc1cc(C(=O)N(C)c2ccncc2N)no1. The molecule has 0 bridgehead atoms. The summed E-state index contributed by atoms with van der Waals surface area (Å²) in [5.74, 6) is 0.309. The highest BCUT2D eigenvalue weighted by Crippen LogP contribution is 2.21. The van der Waals surface area contributed by atoms with Gasteiger partial charge in [-0.3, -0.25) is 9.78 Å². The van der Waals surface area contributed by atoms with Crippen molar-refractivity contribution in [1.29, 1.82) is 0 Å². The summed E-state index contributed by atoms with van der Waals surface area (Å²) in [4.78, 5) is 17.3. The van der Waals surface area contributed by atoms with E-state index in [1.165, 1.54) is 11.1 Å². The third-order valence-corrected chi connectivity index (χ3v) is 2.34. The van der Waals surface area contributed by atoms with Crippen LogP contribution in [0.3, 0.4) is 0 Å². The maximum atomic E-state index is 12.0. The van der Waals surface area contributed by atoms with Gasteiger partial charge in [0.15, 0.2) is 5.69 Å². The lowest BCUT2D eigenvalue weighted by Gasteiger charge is -2.17. The van der Waals surface area contributed by atoms with Gasteiger partial charge in [-0.25, -0.2) is 0 Å². The molecule has 0 saturated carbocycles. The second kappa shape index (κ2) is 4.25. The molecule has 0 unspecified atom stereocenters. The van der Waals surface area contributed by atoms with Crippen molar-refractivity contribution in [3.05, 3.63) is 36.0 Å². The van der Waals surface area contributed by atoms with Gasteiger partial charge in [0, 0.05) is 19.3 Å². The number of nitrogens with two attached hydrogens (primary N) is 1. The molecule has 0 fully saturated rings. The highest BCUT2D eigenvalue weighted by molar-refractivity contribution is 6.05. The molecule has 2 rings (SSSR count). The number of amides is 1. The number of nitrogen functional groups attached to an aromatic ring is 1. The monoisotopic (exact) mass is 232 g/mol. The maximum Gasteiger partial charge on any atom is 0.280 e. The zero-order valence-corrected chi connectivity index (χ0v) is 9.54. The predicted octanol–water partition coefficient (Wildman–Crippen LogP) is 1.24. The summed E-state index contributed by atoms with van der Waals surface area (Å²) in [6.07, 6.45) is 3.07. The fourth-order valence-corrected chi connectivity index (χ4v) is 1.45. The molecule has 2 N–H and O–H groups in total. The Morgan fingerprint density at radius 3 is 2.88 bits per heavy atom. The fraction of sp³-hybridized carbons (Fsp3) is 0.182. The number of hydrogen-bond acceptors (Lipinski definition) is 5. The molecule has 0 aliphatic heterocycles. The highest BCUT2D eigenvalue weighted by atomic mass is 16.5. The minimum Gasteiger partial charge on any atom is -0.396 e. The summed E-state index contributed by atoms with van der Waals surface area (Å²) in [7, 11) is 1.62. The van der Waals surface area contributed by atoms with Gasteiger partial charge < -0.3 is 15.2 Å². The average Bonchev–Trinajstić information content (AvgIpc) is 2.75. The summed E-state index contributed by atoms with van der Waals surface area (Å²) >= 11 is 0. The van der Waals surface area contributed by atoms with Crippen LogP contribution in [0, 0.1) is 6.92 Å². The molecule has 2 heterocycles. The van der Waals surface area contributed by atoms with Gasteiger partial charge in [0.25, 0.3) is 5.91 Å². The lowest BCUT2D eigenvalue weighted by molar-refractivity contribution is 0.0984. The molecule has 0 spiro atoms. The largest absolute Gasteiger partial charge is 0.396 e. The summed E-state index contributed by atoms with van der Waals surface area (Å²) in [6.45, 7) is 1.73. The number of anilines is 2. The van der Waals surface area contributed by atoms with E-state index in [9.17, 15) is 4.79 Å². The number of carbonyl (C=O) groups is 1. The predicted molar refractivity (Wildman–Crippen MR) is 62.6 cm³/mol. The smallest absolute Gasteiger partial charge is 0.280 e. The molecule has 0 aliphatic carbocycles. The van der Waals surface area contributed by atoms with Crippen LogP contribution in [0.4, 0.5) is 11.4 Å². The third kappa shape index (κ3) is 2.10. The minimum absolute atomic E-state index is 0.251. The normalized spacial score (nSPS) is 10.2. The summed E-state index contributed by atoms with van der Waals surface area (Å²) in [6, 6.07) is 3.25. The number of rotatable bonds is 2. The number of aromatic nitrogens is 2. The van der Waals surface area contributed by atoms with E-state index in [4.69, 9.17) is 10.3 Å². The van der Waals surface area contributed by atoms with Crippen LogP contribution < -0.4 is 10.6 Å². The van der Waals surface area contributed by atoms with Gasteiger partial charge in [-0.05, 0) is 13.0 Å². The Kier molecular flexibility index (Phi) is 2.78. The second-order valence-electron chi connectivity index (χ2n) is 3.62. The van der Waals surface area contributed by atoms with E-state index in [0.29, 0.717) is 17.1 Å². The Morgan fingerprint density at radius 2 is 2.29 bits per heavy atom. The van der Waals surface area contributed by atoms with Gasteiger partial charge in [0.2, 0.25) is 0 Å². The molecule has 17 heavy (non-hydrogen) atoms. The first kappa shape index (κ1) is 11.1. The van der Waals surface area contributed by atoms with Crippen LogP contribution in [-0.4, -0.2) is 23.1 Å². The van der Waals surface area contributed by atoms with Crippen LogP contribution in [0.5, 0.6) is 0 Å². The van der Waals surface area contributed by atoms with Crippen molar-refractivity contribution in [3.8, 4) is 0 Å². The van der Waals surface area contributed by atoms with Crippen molar-refractivity contribution in [2.75, 3.05) is 17.7 Å². The van der Waals surface area contributed by atoms with Crippen molar-refractivity contribution in [2.24, 2.45) is 0 Å². The zero-order valence-electron chi connectivity index (χ0n) is 9.54. The summed E-state index contributed by atoms with van der Waals surface area (Å²) in [5.41, 5.74) is 7.02. The second-order valence-corrected chi connectivity index (χ2v) is 3.62. The molecule has 88 valence electrons. The molecule has 6 heteroatoms. The Bertz CT molecular complexity index is 550. The molecule has 0 saturated heterocycles. The Balaban J connectivity index is 2.29. The maximum absolute atomic E-state index is 12.0. The lowest BCUT2D eigenvalue weighted by Crippen LogP contribution is -2.27. The Labute approximate surface area is 98.0 Å². The molecule has 6 nitrogen and oxygen atoms in total. The summed E-state index contributed by atoms with van der Waals surface area (Å²) in [5, 5.41) is 3.67. The number of nitrogens with zero attached hydrogens (tertiary/aromatic N) is 3. The van der Waals surface area contributed by atoms with Crippen molar-refractivity contribution in [2.45, 2.75) is 6.92 Å². The first-order valence-electron chi connectivity index (χ1n) is 5.00. The molecular formula is C11H12N4O2. The van der Waals surface area contributed by atoms with Crippen molar-refractivity contribution in [1.82, 2.24) is 10.1 Å². The van der Waals surface area contributed by atoms with Crippen LogP contribution in [-0.2, 0) is 0 Å². The van der Waals surface area contributed by atoms with E-state index >= 15 is 0 Å². The van der Waals surface area contributed by atoms with E-state index < -0.39 is 0 Å². The first-order valence-corrected chi connectivity index (χ1v) is 5.00. The van der Waals surface area contributed by atoms with Gasteiger partial charge in [-0.2, -0.15) is 0 Å². The van der Waals surface area contributed by atoms with Gasteiger partial charge in [0.1, 0.15) is 5.76 Å². The quantitative estimate of drug-likeness (QED) is 0.841. The van der Waals surface area contributed by atoms with E-state index in [2.05, 4.69) is 10.1 Å². The molecule has 0 atom stereocenters. The van der Waals surface area contributed by atoms with Crippen molar-refractivity contribution < 1.29 is 9.32 Å². The number of pyridine rings is 1. The summed E-state index contributed by atoms with van der Waals surface area (Å²) < 4.78 is 4.86. The number of carbonyl (C=O) groups excluding carboxylic acids is 1. The van der Waals surface area contributed by atoms with E-state index in [1.54, 1.807) is 32.3 Å². The average molecular weight is 232 g/mol. The van der Waals surface area contributed by atoms with Gasteiger partial charge in [0.05, 0.1) is 17.6 Å². The molecule has 0 aliphatic rings. The Morgan fingerprint density at radius 1 is 1.53 bits per heavy atom. The van der Waals surface area contributed by atoms with Crippen LogP contribution in [0.15, 0.2) is 29.0 Å². The van der Waals surface area contributed by atoms with Crippen molar-refractivity contribution >= 4 is 17.3 Å². The third-order valence-electron chi connectivity index (χ3n) is 2.34. The van der Waals surface area contributed by atoms with Crippen LogP contribution in [0.25, 0.3) is 0 Å². The minimum atomic E-state index is -0.278. The van der Waals surface area contributed by atoms with Gasteiger partial charge in [-0.15, -0.1) is 0 Å². The topological polar surface area (TPSA) is 85.2 Å². The van der Waals surface area contributed by atoms with E-state index in [-0.39, 0.29) is 11.6 Å². The first-order chi connectivity index (χ1) is 8.09. The van der Waals surface area contributed by atoms with Crippen LogP contribution in [0.1, 0.15) is 16.2 Å². The molecule has 0 radical (unpaired) electrons. The van der Waals surface area contributed by atoms with Crippen LogP contribution in [0.2, 0.25) is 0 Å². The highest BCUT2D eigenvalue weighted by Gasteiger charge is 2.18. The van der Waals surface area contributed by atoms with E-state index in [0.717, 1.165) is 0 Å². The Hall–Kier alpha value is -2.37. The fourth-order valence-electron chi connectivity index (χ4n) is 1.45. The van der Waals surface area contributed by atoms with Crippen molar-refractivity contribution in [3.63, 3.8) is 0 Å². The van der Waals surface area contributed by atoms with Gasteiger partial charge >= 0.3 is 0 Å². The van der Waals surface area contributed by atoms with E-state index in [1.807, 2.05) is 0 Å².